The lowest BCUT2D eigenvalue weighted by Crippen LogP contribution is -2.51. The monoisotopic (exact) mass is 330 g/mol. The summed E-state index contributed by atoms with van der Waals surface area (Å²) in [4.78, 5) is 29.0. The van der Waals surface area contributed by atoms with Gasteiger partial charge in [0, 0.05) is 23.0 Å². The third kappa shape index (κ3) is 2.72. The third-order valence-corrected chi connectivity index (χ3v) is 4.30. The van der Waals surface area contributed by atoms with Gasteiger partial charge in [0.1, 0.15) is 11.6 Å². The van der Waals surface area contributed by atoms with Crippen LogP contribution < -0.4 is 0 Å². The van der Waals surface area contributed by atoms with Gasteiger partial charge in [-0.15, -0.1) is 0 Å². The molecule has 0 spiro atoms. The number of fused-ring (bicyclic) bond motifs is 3. The molecule has 1 aliphatic heterocycles. The Morgan fingerprint density at radius 3 is 2.58 bits per heavy atom. The summed E-state index contributed by atoms with van der Waals surface area (Å²) in [5.74, 6) is -1.02. The van der Waals surface area contributed by atoms with Gasteiger partial charge in [0.2, 0.25) is 0 Å². The predicted octanol–water partition coefficient (Wildman–Crippen LogP) is 3.48. The number of carboxylic acid groups (broad SMARTS) is 1. The second-order valence-corrected chi connectivity index (χ2v) is 7.18. The van der Waals surface area contributed by atoms with E-state index >= 15 is 0 Å². The van der Waals surface area contributed by atoms with Crippen LogP contribution in [-0.4, -0.2) is 38.7 Å². The minimum absolute atomic E-state index is 0.262. The van der Waals surface area contributed by atoms with E-state index in [1.165, 1.54) is 4.90 Å². The van der Waals surface area contributed by atoms with Crippen LogP contribution in [0.3, 0.4) is 0 Å². The first kappa shape index (κ1) is 16.4. The van der Waals surface area contributed by atoms with Gasteiger partial charge in [0.05, 0.1) is 6.04 Å². The number of benzene rings is 1. The molecule has 0 unspecified atom stereocenters. The molecule has 0 radical (unpaired) electrons. The van der Waals surface area contributed by atoms with E-state index in [2.05, 4.69) is 4.98 Å². The molecule has 24 heavy (non-hydrogen) atoms. The van der Waals surface area contributed by atoms with E-state index in [9.17, 15) is 14.7 Å². The summed E-state index contributed by atoms with van der Waals surface area (Å²) in [6, 6.07) is 6.43. The number of carbonyl (C=O) groups is 2. The molecule has 0 aliphatic carbocycles. The van der Waals surface area contributed by atoms with Crippen molar-refractivity contribution >= 4 is 23.0 Å². The van der Waals surface area contributed by atoms with Crippen molar-refractivity contribution < 1.29 is 19.4 Å². The van der Waals surface area contributed by atoms with Gasteiger partial charge in [-0.2, -0.15) is 0 Å². The third-order valence-electron chi connectivity index (χ3n) is 4.30. The Bertz CT molecular complexity index is 803. The largest absolute Gasteiger partial charge is 0.480 e. The fourth-order valence-corrected chi connectivity index (χ4v) is 3.30. The maximum atomic E-state index is 12.6. The molecule has 6 heteroatoms. The molecule has 0 bridgehead atoms. The van der Waals surface area contributed by atoms with E-state index in [1.807, 2.05) is 31.2 Å². The number of H-pyrrole nitrogens is 1. The summed E-state index contributed by atoms with van der Waals surface area (Å²) in [7, 11) is 0. The van der Waals surface area contributed by atoms with Crippen LogP contribution in [0.25, 0.3) is 10.9 Å². The van der Waals surface area contributed by atoms with E-state index in [4.69, 9.17) is 4.74 Å². The number of carboxylic acids is 1. The maximum Gasteiger partial charge on any atom is 0.411 e. The summed E-state index contributed by atoms with van der Waals surface area (Å²) in [5.41, 5.74) is 2.11. The molecule has 1 aromatic carbocycles. The van der Waals surface area contributed by atoms with Gasteiger partial charge in [0.15, 0.2) is 0 Å². The van der Waals surface area contributed by atoms with Crippen molar-refractivity contribution in [3.8, 4) is 0 Å². The number of carbonyl (C=O) groups excluding carboxylic acids is 1. The topological polar surface area (TPSA) is 82.6 Å². The lowest BCUT2D eigenvalue weighted by Gasteiger charge is -2.39. The van der Waals surface area contributed by atoms with Gasteiger partial charge in [-0.25, -0.2) is 9.59 Å². The first-order valence-electron chi connectivity index (χ1n) is 8.02. The Morgan fingerprint density at radius 2 is 1.96 bits per heavy atom. The molecule has 2 heterocycles. The number of nitrogens with one attached hydrogen (secondary N) is 1. The zero-order valence-corrected chi connectivity index (χ0v) is 14.3. The number of amides is 1. The second-order valence-electron chi connectivity index (χ2n) is 7.18. The molecule has 3 rings (SSSR count). The lowest BCUT2D eigenvalue weighted by atomic mass is 9.92. The van der Waals surface area contributed by atoms with Crippen LogP contribution in [0.5, 0.6) is 0 Å². The lowest BCUT2D eigenvalue weighted by molar-refractivity contribution is -0.144. The van der Waals surface area contributed by atoms with Crippen molar-refractivity contribution in [2.24, 2.45) is 0 Å². The van der Waals surface area contributed by atoms with E-state index in [0.29, 0.717) is 0 Å². The number of aromatic nitrogens is 1. The molecular weight excluding hydrogens is 308 g/mol. The van der Waals surface area contributed by atoms with E-state index in [0.717, 1.165) is 22.2 Å². The van der Waals surface area contributed by atoms with Crippen molar-refractivity contribution in [2.45, 2.75) is 51.8 Å². The first-order chi connectivity index (χ1) is 11.2. The standard InChI is InChI=1S/C18H22N2O4/c1-10-15-12(11-7-5-6-8-13(11)19-15)9-14(16(21)22)20(10)17(23)24-18(2,3)4/h5-8,10,14,19H,9H2,1-4H3,(H,21,22)/t10-,14+/m1/s1. The molecular formula is C18H22N2O4. The van der Waals surface area contributed by atoms with Gasteiger partial charge in [-0.1, -0.05) is 18.2 Å². The number of para-hydroxylation sites is 1. The smallest absolute Gasteiger partial charge is 0.411 e. The average molecular weight is 330 g/mol. The van der Waals surface area contributed by atoms with Gasteiger partial charge >= 0.3 is 12.1 Å². The van der Waals surface area contributed by atoms with Crippen LogP contribution in [0.1, 0.15) is 45.0 Å². The van der Waals surface area contributed by atoms with Gasteiger partial charge in [-0.3, -0.25) is 4.90 Å². The molecule has 1 aliphatic rings. The first-order valence-corrected chi connectivity index (χ1v) is 8.02. The second kappa shape index (κ2) is 5.54. The number of rotatable bonds is 1. The zero-order valence-electron chi connectivity index (χ0n) is 14.3. The van der Waals surface area contributed by atoms with Gasteiger partial charge in [-0.05, 0) is 39.3 Å². The minimum Gasteiger partial charge on any atom is -0.480 e. The number of nitrogens with zero attached hydrogens (tertiary/aromatic N) is 1. The fourth-order valence-electron chi connectivity index (χ4n) is 3.30. The number of hydrogen-bond donors (Lipinski definition) is 2. The molecule has 0 fully saturated rings. The number of aliphatic carboxylic acids is 1. The van der Waals surface area contributed by atoms with Gasteiger partial charge < -0.3 is 14.8 Å². The van der Waals surface area contributed by atoms with E-state index in [1.54, 1.807) is 20.8 Å². The van der Waals surface area contributed by atoms with Crippen molar-refractivity contribution in [1.82, 2.24) is 9.88 Å². The van der Waals surface area contributed by atoms with Crippen LogP contribution in [0, 0.1) is 0 Å². The molecule has 0 saturated carbocycles. The Kier molecular flexibility index (Phi) is 3.78. The summed E-state index contributed by atoms with van der Waals surface area (Å²) in [6.45, 7) is 7.13. The summed E-state index contributed by atoms with van der Waals surface area (Å²) < 4.78 is 5.43. The highest BCUT2D eigenvalue weighted by atomic mass is 16.6. The quantitative estimate of drug-likeness (QED) is 0.838. The zero-order chi connectivity index (χ0) is 17.6. The van der Waals surface area contributed by atoms with Crippen molar-refractivity contribution in [3.05, 3.63) is 35.5 Å². The highest BCUT2D eigenvalue weighted by Crippen LogP contribution is 2.37. The number of hydrogen-bond acceptors (Lipinski definition) is 3. The number of ether oxygens (including phenoxy) is 1. The molecule has 2 N–H and O–H groups in total. The molecule has 1 aromatic heterocycles. The molecule has 2 aromatic rings. The SMILES string of the molecule is C[C@@H]1c2[nH]c3ccccc3c2C[C@@H](C(=O)O)N1C(=O)OC(C)(C)C. The Balaban J connectivity index is 2.06. The summed E-state index contributed by atoms with van der Waals surface area (Å²) in [5, 5.41) is 10.7. The molecule has 0 saturated heterocycles. The highest BCUT2D eigenvalue weighted by Gasteiger charge is 2.42. The van der Waals surface area contributed by atoms with Crippen LogP contribution in [0.2, 0.25) is 0 Å². The van der Waals surface area contributed by atoms with Crippen LogP contribution in [-0.2, 0) is 16.0 Å². The average Bonchev–Trinajstić information content (AvgIpc) is 2.84. The molecule has 128 valence electrons. The maximum absolute atomic E-state index is 12.6. The van der Waals surface area contributed by atoms with Crippen molar-refractivity contribution in [3.63, 3.8) is 0 Å². The Morgan fingerprint density at radius 1 is 1.29 bits per heavy atom. The molecule has 1 amide bonds. The summed E-state index contributed by atoms with van der Waals surface area (Å²) >= 11 is 0. The Labute approximate surface area is 140 Å². The number of aromatic amines is 1. The normalized spacial score (nSPS) is 20.8. The van der Waals surface area contributed by atoms with Crippen molar-refractivity contribution in [1.29, 1.82) is 0 Å². The van der Waals surface area contributed by atoms with Crippen molar-refractivity contribution in [2.75, 3.05) is 0 Å². The Hall–Kier alpha value is -2.50. The molecule has 2 atom stereocenters. The van der Waals surface area contributed by atoms with E-state index < -0.39 is 29.7 Å². The highest BCUT2D eigenvalue weighted by molar-refractivity contribution is 5.88. The van der Waals surface area contributed by atoms with Crippen LogP contribution >= 0.6 is 0 Å². The predicted molar refractivity (Wildman–Crippen MR) is 89.9 cm³/mol. The van der Waals surface area contributed by atoms with Crippen LogP contribution in [0.15, 0.2) is 24.3 Å². The molecule has 6 nitrogen and oxygen atoms in total. The van der Waals surface area contributed by atoms with Gasteiger partial charge in [0.25, 0.3) is 0 Å². The minimum atomic E-state index is -1.02. The summed E-state index contributed by atoms with van der Waals surface area (Å²) in [6.07, 6.45) is -0.343. The van der Waals surface area contributed by atoms with Crippen LogP contribution in [0.4, 0.5) is 4.79 Å². The van der Waals surface area contributed by atoms with E-state index in [-0.39, 0.29) is 6.42 Å². The fraction of sp³-hybridized carbons (Fsp3) is 0.444.